The van der Waals surface area contributed by atoms with Gasteiger partial charge in [0.05, 0.1) is 5.69 Å². The largest absolute Gasteiger partial charge is 0.363 e. The average Bonchev–Trinajstić information content (AvgIpc) is 2.72. The second-order valence-corrected chi connectivity index (χ2v) is 5.75. The van der Waals surface area contributed by atoms with Crippen molar-refractivity contribution in [2.45, 2.75) is 0 Å². The number of likely N-dealkylation sites (N-methyl/N-ethyl adjacent to an activating group) is 1. The molecule has 1 fully saturated rings. The number of anilines is 1. The monoisotopic (exact) mass is 323 g/mol. The third-order valence-electron chi connectivity index (χ3n) is 3.91. The Balaban J connectivity index is 1.88. The fourth-order valence-corrected chi connectivity index (χ4v) is 2.91. The zero-order valence-electron chi connectivity index (χ0n) is 12.1. The zero-order valence-corrected chi connectivity index (χ0v) is 12.8. The van der Waals surface area contributed by atoms with E-state index in [1.807, 2.05) is 11.9 Å². The van der Waals surface area contributed by atoms with Crippen LogP contribution in [0.15, 0.2) is 35.0 Å². The van der Waals surface area contributed by atoms with Crippen molar-refractivity contribution in [2.24, 2.45) is 0 Å². The van der Waals surface area contributed by atoms with Crippen LogP contribution in [0.2, 0.25) is 0 Å². The number of nitrogens with zero attached hydrogens (tertiary/aromatic N) is 3. The van der Waals surface area contributed by atoms with E-state index < -0.39 is 17.6 Å². The van der Waals surface area contributed by atoms with Gasteiger partial charge >= 0.3 is 0 Å². The molecule has 0 N–H and O–H groups in total. The van der Waals surface area contributed by atoms with Crippen LogP contribution in [0.5, 0.6) is 0 Å². The molecular formula is C15H15ClFN3O2. The molecule has 0 spiro atoms. The third-order valence-corrected chi connectivity index (χ3v) is 4.25. The minimum Gasteiger partial charge on any atom is -0.363 e. The summed E-state index contributed by atoms with van der Waals surface area (Å²) in [5, 5.41) is -0.0705. The van der Waals surface area contributed by atoms with Crippen molar-refractivity contribution < 1.29 is 14.0 Å². The quantitative estimate of drug-likeness (QED) is 0.772. The smallest absolute Gasteiger partial charge is 0.283 e. The third kappa shape index (κ3) is 2.48. The predicted molar refractivity (Wildman–Crippen MR) is 80.8 cm³/mol. The number of imide groups is 1. The normalized spacial score (nSPS) is 20.3. The Morgan fingerprint density at radius 2 is 1.59 bits per heavy atom. The molecule has 0 atom stereocenters. The van der Waals surface area contributed by atoms with Crippen molar-refractivity contribution in [2.75, 3.05) is 38.1 Å². The Morgan fingerprint density at radius 3 is 2.18 bits per heavy atom. The van der Waals surface area contributed by atoms with Gasteiger partial charge in [0.2, 0.25) is 0 Å². The number of carbonyl (C=O) groups is 2. The molecule has 1 aromatic carbocycles. The number of carbonyl (C=O) groups excluding carboxylic acids is 2. The van der Waals surface area contributed by atoms with Crippen LogP contribution >= 0.6 is 11.6 Å². The predicted octanol–water partition coefficient (Wildman–Crippen LogP) is 1.40. The molecule has 0 aliphatic carbocycles. The maximum atomic E-state index is 13.0. The lowest BCUT2D eigenvalue weighted by Crippen LogP contribution is -2.46. The number of amides is 2. The van der Waals surface area contributed by atoms with Crippen molar-refractivity contribution in [3.63, 3.8) is 0 Å². The Morgan fingerprint density at radius 1 is 1.00 bits per heavy atom. The standard InChI is InChI=1S/C15H15ClFN3O2/c1-18-6-8-19(9-7-18)13-12(16)14(21)20(15(13)22)11-4-2-10(17)3-5-11/h2-5H,6-9H2,1H3. The molecule has 2 amide bonds. The lowest BCUT2D eigenvalue weighted by Gasteiger charge is -2.34. The van der Waals surface area contributed by atoms with Crippen LogP contribution in [-0.2, 0) is 9.59 Å². The number of hydrogen-bond donors (Lipinski definition) is 0. The van der Waals surface area contributed by atoms with Crippen LogP contribution in [-0.4, -0.2) is 54.8 Å². The fraction of sp³-hybridized carbons (Fsp3) is 0.333. The van der Waals surface area contributed by atoms with Gasteiger partial charge in [-0.25, -0.2) is 9.29 Å². The summed E-state index contributed by atoms with van der Waals surface area (Å²) in [5.41, 5.74) is 0.558. The molecule has 7 heteroatoms. The molecule has 0 saturated carbocycles. The average molecular weight is 324 g/mol. The van der Waals surface area contributed by atoms with Crippen LogP contribution in [0.1, 0.15) is 0 Å². The molecule has 0 unspecified atom stereocenters. The molecule has 116 valence electrons. The summed E-state index contributed by atoms with van der Waals surface area (Å²) in [4.78, 5) is 29.9. The van der Waals surface area contributed by atoms with Gasteiger partial charge in [-0.3, -0.25) is 9.59 Å². The summed E-state index contributed by atoms with van der Waals surface area (Å²) in [5.74, 6) is -1.44. The lowest BCUT2D eigenvalue weighted by molar-refractivity contribution is -0.121. The number of rotatable bonds is 2. The summed E-state index contributed by atoms with van der Waals surface area (Å²) in [6.07, 6.45) is 0. The van der Waals surface area contributed by atoms with E-state index in [1.54, 1.807) is 0 Å². The highest BCUT2D eigenvalue weighted by Gasteiger charge is 2.41. The first-order chi connectivity index (χ1) is 10.5. The number of piperazine rings is 1. The summed E-state index contributed by atoms with van der Waals surface area (Å²) < 4.78 is 13.0. The van der Waals surface area contributed by atoms with Crippen LogP contribution < -0.4 is 4.90 Å². The SMILES string of the molecule is CN1CCN(C2=C(Cl)C(=O)N(c3ccc(F)cc3)C2=O)CC1. The van der Waals surface area contributed by atoms with Crippen molar-refractivity contribution >= 4 is 29.1 Å². The second kappa shape index (κ2) is 5.70. The molecule has 1 saturated heterocycles. The molecule has 0 bridgehead atoms. The molecule has 3 rings (SSSR count). The van der Waals surface area contributed by atoms with Gasteiger partial charge in [0, 0.05) is 26.2 Å². The highest BCUT2D eigenvalue weighted by Crippen LogP contribution is 2.31. The Labute approximate surface area is 132 Å². The maximum absolute atomic E-state index is 13.0. The van der Waals surface area contributed by atoms with Crippen molar-refractivity contribution in [1.29, 1.82) is 0 Å². The van der Waals surface area contributed by atoms with Crippen molar-refractivity contribution in [1.82, 2.24) is 9.80 Å². The molecule has 2 aliphatic heterocycles. The van der Waals surface area contributed by atoms with E-state index >= 15 is 0 Å². The molecule has 0 aromatic heterocycles. The number of hydrogen-bond acceptors (Lipinski definition) is 4. The van der Waals surface area contributed by atoms with E-state index in [2.05, 4.69) is 4.90 Å². The van der Waals surface area contributed by atoms with Crippen LogP contribution in [0.4, 0.5) is 10.1 Å². The van der Waals surface area contributed by atoms with Gasteiger partial charge in [-0.1, -0.05) is 11.6 Å². The Hall–Kier alpha value is -1.92. The first kappa shape index (κ1) is 15.0. The Bertz CT molecular complexity index is 651. The van der Waals surface area contributed by atoms with Gasteiger partial charge in [-0.05, 0) is 31.3 Å². The highest BCUT2D eigenvalue weighted by atomic mass is 35.5. The second-order valence-electron chi connectivity index (χ2n) is 5.38. The van der Waals surface area contributed by atoms with E-state index in [0.29, 0.717) is 18.8 Å². The van der Waals surface area contributed by atoms with Crippen molar-refractivity contribution in [3.05, 3.63) is 40.8 Å². The van der Waals surface area contributed by atoms with E-state index in [4.69, 9.17) is 11.6 Å². The van der Waals surface area contributed by atoms with Crippen LogP contribution in [0.3, 0.4) is 0 Å². The Kier molecular flexibility index (Phi) is 3.88. The van der Waals surface area contributed by atoms with E-state index in [1.165, 1.54) is 24.3 Å². The topological polar surface area (TPSA) is 43.9 Å². The van der Waals surface area contributed by atoms with Gasteiger partial charge in [0.25, 0.3) is 11.8 Å². The van der Waals surface area contributed by atoms with E-state index in [0.717, 1.165) is 18.0 Å². The first-order valence-corrected chi connectivity index (χ1v) is 7.34. The van der Waals surface area contributed by atoms with Gasteiger partial charge in [-0.15, -0.1) is 0 Å². The number of halogens is 2. The molecule has 0 radical (unpaired) electrons. The summed E-state index contributed by atoms with van der Waals surface area (Å²) in [6, 6.07) is 5.19. The van der Waals surface area contributed by atoms with Gasteiger partial charge in [0.15, 0.2) is 0 Å². The minimum absolute atomic E-state index is 0.0705. The highest BCUT2D eigenvalue weighted by molar-refractivity contribution is 6.52. The lowest BCUT2D eigenvalue weighted by atomic mass is 10.2. The van der Waals surface area contributed by atoms with Crippen molar-refractivity contribution in [3.8, 4) is 0 Å². The molecule has 22 heavy (non-hydrogen) atoms. The zero-order chi connectivity index (χ0) is 15.9. The van der Waals surface area contributed by atoms with Gasteiger partial charge in [0.1, 0.15) is 16.5 Å². The maximum Gasteiger partial charge on any atom is 0.283 e. The van der Waals surface area contributed by atoms with E-state index in [-0.39, 0.29) is 10.7 Å². The summed E-state index contributed by atoms with van der Waals surface area (Å²) in [6.45, 7) is 2.87. The molecule has 2 heterocycles. The molecule has 1 aromatic rings. The van der Waals surface area contributed by atoms with E-state index in [9.17, 15) is 14.0 Å². The number of benzene rings is 1. The summed E-state index contributed by atoms with van der Waals surface area (Å²) >= 11 is 6.11. The van der Waals surface area contributed by atoms with Gasteiger partial charge in [-0.2, -0.15) is 0 Å². The molecule has 5 nitrogen and oxygen atoms in total. The molecule has 2 aliphatic rings. The summed E-state index contributed by atoms with van der Waals surface area (Å²) in [7, 11) is 2.00. The van der Waals surface area contributed by atoms with Crippen LogP contribution in [0.25, 0.3) is 0 Å². The van der Waals surface area contributed by atoms with Crippen LogP contribution in [0, 0.1) is 5.82 Å². The minimum atomic E-state index is -0.563. The fourth-order valence-electron chi connectivity index (χ4n) is 2.62. The molecular weight excluding hydrogens is 309 g/mol. The first-order valence-electron chi connectivity index (χ1n) is 6.96. The van der Waals surface area contributed by atoms with Gasteiger partial charge < -0.3 is 9.80 Å².